The average molecular weight is 435 g/mol. The van der Waals surface area contributed by atoms with Crippen LogP contribution in [0.5, 0.6) is 0 Å². The normalized spacial score (nSPS) is 15.7. The Balaban J connectivity index is 1.54. The van der Waals surface area contributed by atoms with E-state index in [2.05, 4.69) is 10.1 Å². The van der Waals surface area contributed by atoms with Crippen LogP contribution in [0.15, 0.2) is 39.6 Å². The summed E-state index contributed by atoms with van der Waals surface area (Å²) in [6.45, 7) is 4.29. The monoisotopic (exact) mass is 434 g/mol. The summed E-state index contributed by atoms with van der Waals surface area (Å²) < 4.78 is 37.2. The number of carbonyl (C=O) groups excluding carboxylic acids is 2. The number of hydrogen-bond acceptors (Lipinski definition) is 6. The molecule has 1 aromatic carbocycles. The lowest BCUT2D eigenvalue weighted by Crippen LogP contribution is -2.42. The number of methoxy groups -OCH3 is 1. The number of sulfonamides is 1. The summed E-state index contributed by atoms with van der Waals surface area (Å²) in [6.07, 6.45) is 0.892. The Labute approximate surface area is 176 Å². The second-order valence-corrected chi connectivity index (χ2v) is 9.32. The van der Waals surface area contributed by atoms with Crippen molar-refractivity contribution in [2.45, 2.75) is 38.1 Å². The van der Waals surface area contributed by atoms with Crippen LogP contribution >= 0.6 is 0 Å². The fraction of sp³-hybridized carbons (Fsp3) is 0.429. The molecule has 30 heavy (non-hydrogen) atoms. The molecular weight excluding hydrogens is 408 g/mol. The number of aryl methyl sites for hydroxylation is 2. The summed E-state index contributed by atoms with van der Waals surface area (Å²) in [5, 5.41) is 2.80. The highest BCUT2D eigenvalue weighted by atomic mass is 32.2. The van der Waals surface area contributed by atoms with Crippen LogP contribution in [0, 0.1) is 19.8 Å². The van der Waals surface area contributed by atoms with Gasteiger partial charge in [-0.1, -0.05) is 17.7 Å². The van der Waals surface area contributed by atoms with Gasteiger partial charge >= 0.3 is 5.97 Å². The first-order chi connectivity index (χ1) is 14.2. The molecule has 1 fully saturated rings. The Morgan fingerprint density at radius 1 is 1.17 bits per heavy atom. The lowest BCUT2D eigenvalue weighted by Gasteiger charge is -2.30. The van der Waals surface area contributed by atoms with Gasteiger partial charge in [-0.15, -0.1) is 0 Å². The molecule has 2 aromatic rings. The van der Waals surface area contributed by atoms with E-state index < -0.39 is 16.0 Å². The summed E-state index contributed by atoms with van der Waals surface area (Å²) >= 11 is 0. The van der Waals surface area contributed by atoms with Crippen LogP contribution < -0.4 is 5.32 Å². The second kappa shape index (κ2) is 9.01. The predicted octanol–water partition coefficient (Wildman–Crippen LogP) is 2.40. The molecule has 0 saturated carbocycles. The van der Waals surface area contributed by atoms with Gasteiger partial charge in [0, 0.05) is 19.0 Å². The number of nitrogens with zero attached hydrogens (tertiary/aromatic N) is 1. The van der Waals surface area contributed by atoms with Gasteiger partial charge in [-0.3, -0.25) is 4.79 Å². The first-order valence-electron chi connectivity index (χ1n) is 9.74. The van der Waals surface area contributed by atoms with Gasteiger partial charge in [0.25, 0.3) is 0 Å². The number of benzene rings is 1. The average Bonchev–Trinajstić information content (AvgIpc) is 3.12. The molecule has 3 rings (SSSR count). The molecule has 0 bridgehead atoms. The maximum absolute atomic E-state index is 12.8. The van der Waals surface area contributed by atoms with E-state index >= 15 is 0 Å². The smallest absolute Gasteiger partial charge is 0.341 e. The number of hydrogen-bond donors (Lipinski definition) is 1. The number of rotatable bonds is 6. The van der Waals surface area contributed by atoms with Crippen LogP contribution in [0.2, 0.25) is 0 Å². The number of carbonyl (C=O) groups is 2. The van der Waals surface area contributed by atoms with Crippen LogP contribution in [-0.4, -0.2) is 44.8 Å². The third kappa shape index (κ3) is 4.73. The molecule has 162 valence electrons. The number of piperidine rings is 1. The Morgan fingerprint density at radius 2 is 1.80 bits per heavy atom. The zero-order chi connectivity index (χ0) is 21.9. The summed E-state index contributed by atoms with van der Waals surface area (Å²) in [5.41, 5.74) is 1.33. The number of furan rings is 1. The minimum absolute atomic E-state index is 0.151. The first-order valence-corrected chi connectivity index (χ1v) is 11.2. The van der Waals surface area contributed by atoms with Crippen molar-refractivity contribution in [3.05, 3.63) is 53.0 Å². The van der Waals surface area contributed by atoms with E-state index in [9.17, 15) is 18.0 Å². The van der Waals surface area contributed by atoms with Crippen molar-refractivity contribution in [2.75, 3.05) is 20.2 Å². The largest absolute Gasteiger partial charge is 0.465 e. The minimum atomic E-state index is -3.55. The lowest BCUT2D eigenvalue weighted by atomic mass is 9.97. The molecule has 1 aromatic heterocycles. The van der Waals surface area contributed by atoms with E-state index in [4.69, 9.17) is 4.42 Å². The molecule has 2 heterocycles. The molecule has 9 heteroatoms. The maximum Gasteiger partial charge on any atom is 0.341 e. The Bertz CT molecular complexity index is 1020. The van der Waals surface area contributed by atoms with Gasteiger partial charge in [0.2, 0.25) is 15.9 Å². The third-order valence-corrected chi connectivity index (χ3v) is 7.21. The maximum atomic E-state index is 12.8. The van der Waals surface area contributed by atoms with Gasteiger partial charge < -0.3 is 14.5 Å². The highest BCUT2D eigenvalue weighted by Crippen LogP contribution is 2.24. The van der Waals surface area contributed by atoms with Crippen molar-refractivity contribution in [1.29, 1.82) is 0 Å². The molecule has 0 spiro atoms. The van der Waals surface area contributed by atoms with Crippen molar-refractivity contribution in [1.82, 2.24) is 9.62 Å². The topological polar surface area (TPSA) is 106 Å². The van der Waals surface area contributed by atoms with Crippen molar-refractivity contribution in [3.8, 4) is 0 Å². The molecule has 0 radical (unpaired) electrons. The minimum Gasteiger partial charge on any atom is -0.465 e. The number of ether oxygens (including phenoxy) is 1. The van der Waals surface area contributed by atoms with E-state index in [1.807, 2.05) is 6.92 Å². The van der Waals surface area contributed by atoms with Crippen LogP contribution in [0.25, 0.3) is 0 Å². The van der Waals surface area contributed by atoms with E-state index in [1.165, 1.54) is 11.4 Å². The summed E-state index contributed by atoms with van der Waals surface area (Å²) in [5.74, 6) is -0.0287. The zero-order valence-corrected chi connectivity index (χ0v) is 18.1. The van der Waals surface area contributed by atoms with Gasteiger partial charge in [-0.2, -0.15) is 4.31 Å². The van der Waals surface area contributed by atoms with E-state index in [0.717, 1.165) is 5.56 Å². The summed E-state index contributed by atoms with van der Waals surface area (Å²) in [4.78, 5) is 24.4. The molecule has 0 atom stereocenters. The molecular formula is C21H26N2O6S. The fourth-order valence-corrected chi connectivity index (χ4v) is 4.95. The Kier molecular flexibility index (Phi) is 6.62. The molecule has 1 saturated heterocycles. The van der Waals surface area contributed by atoms with Crippen molar-refractivity contribution >= 4 is 21.9 Å². The quantitative estimate of drug-likeness (QED) is 0.700. The van der Waals surface area contributed by atoms with Gasteiger partial charge in [0.1, 0.15) is 17.1 Å². The first kappa shape index (κ1) is 22.0. The van der Waals surface area contributed by atoms with Crippen molar-refractivity contribution < 1.29 is 27.2 Å². The highest BCUT2D eigenvalue weighted by molar-refractivity contribution is 7.89. The molecule has 0 aliphatic carbocycles. The molecule has 1 aliphatic rings. The third-order valence-electron chi connectivity index (χ3n) is 5.29. The van der Waals surface area contributed by atoms with Crippen LogP contribution in [-0.2, 0) is 26.1 Å². The van der Waals surface area contributed by atoms with Crippen molar-refractivity contribution in [2.24, 2.45) is 5.92 Å². The zero-order valence-electron chi connectivity index (χ0n) is 17.3. The second-order valence-electron chi connectivity index (χ2n) is 7.38. The molecule has 1 amide bonds. The van der Waals surface area contributed by atoms with E-state index in [1.54, 1.807) is 37.3 Å². The summed E-state index contributed by atoms with van der Waals surface area (Å²) in [6, 6.07) is 8.32. The Hall–Kier alpha value is -2.65. The van der Waals surface area contributed by atoms with Gasteiger partial charge in [0.15, 0.2) is 0 Å². The molecule has 1 N–H and O–H groups in total. The molecule has 8 nitrogen and oxygen atoms in total. The van der Waals surface area contributed by atoms with Crippen LogP contribution in [0.4, 0.5) is 0 Å². The molecule has 1 aliphatic heterocycles. The fourth-order valence-electron chi connectivity index (χ4n) is 3.48. The predicted molar refractivity (Wildman–Crippen MR) is 109 cm³/mol. The summed E-state index contributed by atoms with van der Waals surface area (Å²) in [7, 11) is -2.26. The van der Waals surface area contributed by atoms with E-state index in [-0.39, 0.29) is 23.3 Å². The van der Waals surface area contributed by atoms with Crippen LogP contribution in [0.1, 0.15) is 40.3 Å². The SMILES string of the molecule is COC(=O)c1cc(CNC(=O)C2CCN(S(=O)(=O)c3ccc(C)cc3)CC2)oc1C. The van der Waals surface area contributed by atoms with Crippen molar-refractivity contribution in [3.63, 3.8) is 0 Å². The van der Waals surface area contributed by atoms with Gasteiger partial charge in [-0.05, 0) is 44.9 Å². The van der Waals surface area contributed by atoms with E-state index in [0.29, 0.717) is 43.0 Å². The molecule has 0 unspecified atom stereocenters. The Morgan fingerprint density at radius 3 is 2.40 bits per heavy atom. The number of nitrogens with one attached hydrogen (secondary N) is 1. The lowest BCUT2D eigenvalue weighted by molar-refractivity contribution is -0.126. The van der Waals surface area contributed by atoms with Crippen LogP contribution in [0.3, 0.4) is 0 Å². The number of esters is 1. The van der Waals surface area contributed by atoms with Gasteiger partial charge in [-0.25, -0.2) is 13.2 Å². The highest BCUT2D eigenvalue weighted by Gasteiger charge is 2.32. The van der Waals surface area contributed by atoms with Gasteiger partial charge in [0.05, 0.1) is 18.6 Å². The standard InChI is InChI=1S/C21H26N2O6S/c1-14-4-6-18(7-5-14)30(26,27)23-10-8-16(9-11-23)20(24)22-13-17-12-19(15(2)29-17)21(25)28-3/h4-7,12,16H,8-11,13H2,1-3H3,(H,22,24). The number of amides is 1.